The fourth-order valence-corrected chi connectivity index (χ4v) is 1.87. The van der Waals surface area contributed by atoms with E-state index in [0.717, 1.165) is 16.9 Å². The monoisotopic (exact) mass is 264 g/mol. The van der Waals surface area contributed by atoms with Gasteiger partial charge in [0.25, 0.3) is 0 Å². The smallest absolute Gasteiger partial charge is 0.141 e. The molecule has 0 heterocycles. The lowest BCUT2D eigenvalue weighted by atomic mass is 10.2. The third kappa shape index (κ3) is 2.63. The summed E-state index contributed by atoms with van der Waals surface area (Å²) in [6, 6.07) is 12.5. The van der Waals surface area contributed by atoms with E-state index in [9.17, 15) is 4.39 Å². The molecule has 0 aliphatic heterocycles. The molecule has 0 bridgehead atoms. The Morgan fingerprint density at radius 1 is 1.11 bits per heavy atom. The summed E-state index contributed by atoms with van der Waals surface area (Å²) in [5, 5.41) is 0.123. The molecule has 0 saturated carbocycles. The Balaban J connectivity index is 2.28. The summed E-state index contributed by atoms with van der Waals surface area (Å²) in [5.41, 5.74) is 8.45. The molecular formula is C14H14ClFN2. The zero-order valence-electron chi connectivity index (χ0n) is 10.0. The largest absolute Gasteiger partial charge is 0.345 e. The molecule has 0 radical (unpaired) electrons. The summed E-state index contributed by atoms with van der Waals surface area (Å²) >= 11 is 5.77. The molecule has 0 unspecified atom stereocenters. The lowest BCUT2D eigenvalue weighted by Gasteiger charge is -2.20. The number of halogens is 2. The molecule has 0 saturated heterocycles. The van der Waals surface area contributed by atoms with Crippen molar-refractivity contribution in [1.82, 2.24) is 0 Å². The van der Waals surface area contributed by atoms with Crippen molar-refractivity contribution in [3.05, 3.63) is 58.9 Å². The Morgan fingerprint density at radius 3 is 2.28 bits per heavy atom. The van der Waals surface area contributed by atoms with E-state index in [1.54, 1.807) is 12.1 Å². The van der Waals surface area contributed by atoms with E-state index in [-0.39, 0.29) is 5.02 Å². The number of rotatable bonds is 3. The molecule has 18 heavy (non-hydrogen) atoms. The fraction of sp³-hybridized carbons (Fsp3) is 0.143. The summed E-state index contributed by atoms with van der Waals surface area (Å²) in [5.74, 6) is -0.410. The average Bonchev–Trinajstić information content (AvgIpc) is 2.41. The second-order valence-corrected chi connectivity index (χ2v) is 4.44. The quantitative estimate of drug-likeness (QED) is 0.916. The summed E-state index contributed by atoms with van der Waals surface area (Å²) in [4.78, 5) is 1.94. The molecular weight excluding hydrogens is 251 g/mol. The Bertz CT molecular complexity index is 540. The minimum absolute atomic E-state index is 0.123. The van der Waals surface area contributed by atoms with Gasteiger partial charge in [0.15, 0.2) is 0 Å². The van der Waals surface area contributed by atoms with Gasteiger partial charge in [-0.15, -0.1) is 0 Å². The van der Waals surface area contributed by atoms with Crippen LogP contribution in [-0.4, -0.2) is 7.05 Å². The van der Waals surface area contributed by atoms with E-state index < -0.39 is 5.82 Å². The van der Waals surface area contributed by atoms with Gasteiger partial charge in [0, 0.05) is 25.0 Å². The van der Waals surface area contributed by atoms with Gasteiger partial charge >= 0.3 is 0 Å². The number of hydrogen-bond acceptors (Lipinski definition) is 2. The molecule has 94 valence electrons. The second kappa shape index (κ2) is 5.38. The van der Waals surface area contributed by atoms with Crippen LogP contribution in [0.2, 0.25) is 5.02 Å². The summed E-state index contributed by atoms with van der Waals surface area (Å²) in [6.07, 6.45) is 0. The van der Waals surface area contributed by atoms with Crippen molar-refractivity contribution in [2.24, 2.45) is 5.73 Å². The molecule has 0 spiro atoms. The number of anilines is 2. The Morgan fingerprint density at radius 2 is 1.72 bits per heavy atom. The number of benzene rings is 2. The van der Waals surface area contributed by atoms with Crippen LogP contribution >= 0.6 is 11.6 Å². The molecule has 0 fully saturated rings. The standard InChI is InChI=1S/C14H14ClFN2/c1-18(11-4-2-10(9-17)3-5-11)12-6-7-14(16)13(15)8-12/h2-8H,9,17H2,1H3. The molecule has 2 aromatic rings. The second-order valence-electron chi connectivity index (χ2n) is 4.03. The lowest BCUT2D eigenvalue weighted by molar-refractivity contribution is 0.628. The van der Waals surface area contributed by atoms with Crippen LogP contribution in [0.25, 0.3) is 0 Å². The summed E-state index contributed by atoms with van der Waals surface area (Å²) in [7, 11) is 1.90. The van der Waals surface area contributed by atoms with Gasteiger partial charge in [-0.25, -0.2) is 4.39 Å². The molecule has 2 rings (SSSR count). The van der Waals surface area contributed by atoms with Crippen molar-refractivity contribution in [1.29, 1.82) is 0 Å². The maximum Gasteiger partial charge on any atom is 0.141 e. The zero-order valence-corrected chi connectivity index (χ0v) is 10.8. The van der Waals surface area contributed by atoms with Crippen LogP contribution in [0.4, 0.5) is 15.8 Å². The number of hydrogen-bond donors (Lipinski definition) is 1. The van der Waals surface area contributed by atoms with E-state index in [1.165, 1.54) is 6.07 Å². The topological polar surface area (TPSA) is 29.3 Å². The third-order valence-electron chi connectivity index (χ3n) is 2.85. The maximum atomic E-state index is 13.1. The van der Waals surface area contributed by atoms with Crippen molar-refractivity contribution >= 4 is 23.0 Å². The van der Waals surface area contributed by atoms with Crippen LogP contribution in [0.3, 0.4) is 0 Å². The van der Waals surface area contributed by atoms with Crippen molar-refractivity contribution in [3.63, 3.8) is 0 Å². The normalized spacial score (nSPS) is 10.4. The molecule has 2 nitrogen and oxygen atoms in total. The van der Waals surface area contributed by atoms with Crippen LogP contribution in [0.1, 0.15) is 5.56 Å². The zero-order chi connectivity index (χ0) is 13.1. The molecule has 2 N–H and O–H groups in total. The SMILES string of the molecule is CN(c1ccc(CN)cc1)c1ccc(F)c(Cl)c1. The average molecular weight is 265 g/mol. The minimum atomic E-state index is -0.410. The summed E-state index contributed by atoms with van der Waals surface area (Å²) < 4.78 is 13.1. The maximum absolute atomic E-state index is 13.1. The molecule has 0 aliphatic rings. The Labute approximate surface area is 111 Å². The molecule has 0 amide bonds. The van der Waals surface area contributed by atoms with E-state index in [0.29, 0.717) is 6.54 Å². The highest BCUT2D eigenvalue weighted by molar-refractivity contribution is 6.31. The minimum Gasteiger partial charge on any atom is -0.345 e. The number of nitrogens with two attached hydrogens (primary N) is 1. The highest BCUT2D eigenvalue weighted by Gasteiger charge is 2.07. The molecule has 0 aromatic heterocycles. The number of nitrogens with zero attached hydrogens (tertiary/aromatic N) is 1. The first-order valence-electron chi connectivity index (χ1n) is 5.59. The third-order valence-corrected chi connectivity index (χ3v) is 3.14. The first kappa shape index (κ1) is 12.9. The highest BCUT2D eigenvalue weighted by Crippen LogP contribution is 2.27. The van der Waals surface area contributed by atoms with Gasteiger partial charge in [-0.3, -0.25) is 0 Å². The van der Waals surface area contributed by atoms with Crippen molar-refractivity contribution < 1.29 is 4.39 Å². The van der Waals surface area contributed by atoms with Gasteiger partial charge in [-0.05, 0) is 35.9 Å². The predicted molar refractivity (Wildman–Crippen MR) is 73.8 cm³/mol. The Kier molecular flexibility index (Phi) is 3.84. The van der Waals surface area contributed by atoms with Crippen LogP contribution < -0.4 is 10.6 Å². The van der Waals surface area contributed by atoms with Crippen molar-refractivity contribution in [3.8, 4) is 0 Å². The van der Waals surface area contributed by atoms with Gasteiger partial charge in [-0.1, -0.05) is 23.7 Å². The van der Waals surface area contributed by atoms with E-state index >= 15 is 0 Å². The van der Waals surface area contributed by atoms with E-state index in [4.69, 9.17) is 17.3 Å². The van der Waals surface area contributed by atoms with Crippen LogP contribution in [0, 0.1) is 5.82 Å². The van der Waals surface area contributed by atoms with Gasteiger partial charge in [-0.2, -0.15) is 0 Å². The summed E-state index contributed by atoms with van der Waals surface area (Å²) in [6.45, 7) is 0.520. The predicted octanol–water partition coefficient (Wildman–Crippen LogP) is 3.71. The van der Waals surface area contributed by atoms with Gasteiger partial charge in [0.2, 0.25) is 0 Å². The Hall–Kier alpha value is -1.58. The molecule has 4 heteroatoms. The first-order chi connectivity index (χ1) is 8.61. The van der Waals surface area contributed by atoms with Crippen LogP contribution in [-0.2, 0) is 6.54 Å². The molecule has 2 aromatic carbocycles. The van der Waals surface area contributed by atoms with Crippen molar-refractivity contribution in [2.45, 2.75) is 6.54 Å². The van der Waals surface area contributed by atoms with Crippen LogP contribution in [0.5, 0.6) is 0 Å². The van der Waals surface area contributed by atoms with Crippen LogP contribution in [0.15, 0.2) is 42.5 Å². The fourth-order valence-electron chi connectivity index (χ4n) is 1.70. The molecule has 0 atom stereocenters. The molecule has 0 aliphatic carbocycles. The van der Waals surface area contributed by atoms with Gasteiger partial charge in [0.05, 0.1) is 5.02 Å². The highest BCUT2D eigenvalue weighted by atomic mass is 35.5. The van der Waals surface area contributed by atoms with Gasteiger partial charge < -0.3 is 10.6 Å². The van der Waals surface area contributed by atoms with Crippen molar-refractivity contribution in [2.75, 3.05) is 11.9 Å². The first-order valence-corrected chi connectivity index (χ1v) is 5.97. The lowest BCUT2D eigenvalue weighted by Crippen LogP contribution is -2.09. The van der Waals surface area contributed by atoms with Gasteiger partial charge in [0.1, 0.15) is 5.82 Å². The van der Waals surface area contributed by atoms with E-state index in [1.807, 2.05) is 36.2 Å². The van der Waals surface area contributed by atoms with E-state index in [2.05, 4.69) is 0 Å².